The molecule has 5 heteroatoms. The van der Waals surface area contributed by atoms with Crippen molar-refractivity contribution in [1.82, 2.24) is 10.1 Å². The molecule has 19 heavy (non-hydrogen) atoms. The maximum absolute atomic E-state index is 10.8. The van der Waals surface area contributed by atoms with Crippen molar-refractivity contribution in [2.45, 2.75) is 44.9 Å². The van der Waals surface area contributed by atoms with Gasteiger partial charge in [-0.25, -0.2) is 0 Å². The zero-order valence-electron chi connectivity index (χ0n) is 11.7. The number of nitrogens with zero attached hydrogens (tertiary/aromatic N) is 2. The van der Waals surface area contributed by atoms with Crippen molar-refractivity contribution in [2.24, 2.45) is 0 Å². The molecular formula is C14H20N2O3. The Morgan fingerprint density at radius 1 is 1.11 bits per heavy atom. The largest absolute Gasteiger partial charge is 0.311 e. The summed E-state index contributed by atoms with van der Waals surface area (Å²) in [5.74, 6) is 0. The number of aldehydes is 1. The summed E-state index contributed by atoms with van der Waals surface area (Å²) in [5.41, 5.74) is -0.0808. The molecule has 1 aromatic rings. The van der Waals surface area contributed by atoms with E-state index in [-0.39, 0.29) is 0 Å². The highest BCUT2D eigenvalue weighted by molar-refractivity contribution is 5.75. The van der Waals surface area contributed by atoms with E-state index in [0.29, 0.717) is 11.1 Å². The van der Waals surface area contributed by atoms with E-state index in [4.69, 9.17) is 0 Å². The lowest BCUT2D eigenvalue weighted by Crippen LogP contribution is -2.52. The number of hydroxylamine groups is 4. The van der Waals surface area contributed by atoms with Crippen molar-refractivity contribution in [3.05, 3.63) is 35.4 Å². The summed E-state index contributed by atoms with van der Waals surface area (Å²) in [6, 6.07) is 6.87. The Balaban J connectivity index is 2.48. The van der Waals surface area contributed by atoms with Gasteiger partial charge in [0.15, 0.2) is 0 Å². The Labute approximate surface area is 113 Å². The lowest BCUT2D eigenvalue weighted by molar-refractivity contribution is -0.223. The molecule has 2 rings (SSSR count). The quantitative estimate of drug-likeness (QED) is 0.803. The van der Waals surface area contributed by atoms with E-state index in [1.807, 2.05) is 27.7 Å². The molecule has 0 radical (unpaired) electrons. The Bertz CT molecular complexity index is 479. The molecule has 5 nitrogen and oxygen atoms in total. The van der Waals surface area contributed by atoms with Crippen molar-refractivity contribution in [3.63, 3.8) is 0 Å². The van der Waals surface area contributed by atoms with Gasteiger partial charge < -0.3 is 10.4 Å². The molecule has 0 atom stereocenters. The molecule has 0 unspecified atom stereocenters. The first-order valence-corrected chi connectivity index (χ1v) is 6.25. The second kappa shape index (κ2) is 4.38. The maximum Gasteiger partial charge on any atom is 0.150 e. The van der Waals surface area contributed by atoms with Crippen molar-refractivity contribution < 1.29 is 15.2 Å². The molecule has 1 heterocycles. The first-order chi connectivity index (χ1) is 8.73. The number of carbonyl (C=O) groups excluding carboxylic acids is 1. The highest BCUT2D eigenvalue weighted by Crippen LogP contribution is 2.47. The zero-order valence-corrected chi connectivity index (χ0v) is 11.7. The highest BCUT2D eigenvalue weighted by atomic mass is 16.6. The fourth-order valence-electron chi connectivity index (χ4n) is 2.35. The van der Waals surface area contributed by atoms with Crippen LogP contribution in [0.1, 0.15) is 49.8 Å². The molecule has 0 saturated carbocycles. The Hall–Kier alpha value is -1.27. The maximum atomic E-state index is 10.8. The van der Waals surface area contributed by atoms with E-state index in [1.54, 1.807) is 24.3 Å². The summed E-state index contributed by atoms with van der Waals surface area (Å²) in [4.78, 5) is 10.8. The molecule has 0 amide bonds. The molecule has 1 aliphatic heterocycles. The van der Waals surface area contributed by atoms with Crippen molar-refractivity contribution >= 4 is 6.29 Å². The van der Waals surface area contributed by atoms with Gasteiger partial charge in [-0.1, -0.05) is 18.2 Å². The molecule has 1 aromatic carbocycles. The number of carbonyl (C=O) groups is 1. The molecular weight excluding hydrogens is 244 g/mol. The lowest BCUT2D eigenvalue weighted by atomic mass is 9.84. The summed E-state index contributed by atoms with van der Waals surface area (Å²) in [6.45, 7) is 7.44. The minimum atomic E-state index is -0.690. The van der Waals surface area contributed by atoms with Gasteiger partial charge in [-0.15, -0.1) is 0 Å². The van der Waals surface area contributed by atoms with E-state index in [0.717, 1.165) is 16.4 Å². The minimum Gasteiger partial charge on any atom is -0.311 e. The Morgan fingerprint density at radius 3 is 2.11 bits per heavy atom. The molecule has 104 valence electrons. The van der Waals surface area contributed by atoms with Crippen LogP contribution in [-0.4, -0.2) is 37.9 Å². The minimum absolute atomic E-state index is 0.516. The first-order valence-electron chi connectivity index (χ1n) is 6.25. The zero-order chi connectivity index (χ0) is 14.4. The molecule has 1 aliphatic rings. The average Bonchev–Trinajstić information content (AvgIpc) is 2.49. The van der Waals surface area contributed by atoms with Gasteiger partial charge in [0.05, 0.1) is 11.1 Å². The summed E-state index contributed by atoms with van der Waals surface area (Å²) in [7, 11) is 0. The van der Waals surface area contributed by atoms with Crippen LogP contribution in [0.5, 0.6) is 0 Å². The van der Waals surface area contributed by atoms with Gasteiger partial charge in [0.25, 0.3) is 0 Å². The molecule has 1 saturated heterocycles. The number of hydrogen-bond acceptors (Lipinski definition) is 5. The molecule has 0 spiro atoms. The highest BCUT2D eigenvalue weighted by Gasteiger charge is 2.58. The summed E-state index contributed by atoms with van der Waals surface area (Å²) >= 11 is 0. The molecule has 2 N–H and O–H groups in total. The third kappa shape index (κ3) is 1.90. The van der Waals surface area contributed by atoms with Gasteiger partial charge in [0.1, 0.15) is 12.5 Å². The van der Waals surface area contributed by atoms with Gasteiger partial charge >= 0.3 is 0 Å². The third-order valence-corrected chi connectivity index (χ3v) is 4.45. The fourth-order valence-corrected chi connectivity index (χ4v) is 2.35. The van der Waals surface area contributed by atoms with Crippen LogP contribution >= 0.6 is 0 Å². The van der Waals surface area contributed by atoms with E-state index in [2.05, 4.69) is 0 Å². The predicted octanol–water partition coefficient (Wildman–Crippen LogP) is 2.45. The van der Waals surface area contributed by atoms with Crippen molar-refractivity contribution in [2.75, 3.05) is 0 Å². The molecule has 1 fully saturated rings. The van der Waals surface area contributed by atoms with E-state index in [1.165, 1.54) is 0 Å². The smallest absolute Gasteiger partial charge is 0.150 e. The summed E-state index contributed by atoms with van der Waals surface area (Å²) in [6.07, 6.45) is 0.0583. The Kier molecular flexibility index (Phi) is 3.26. The average molecular weight is 264 g/mol. The van der Waals surface area contributed by atoms with Crippen molar-refractivity contribution in [1.29, 1.82) is 0 Å². The van der Waals surface area contributed by atoms with Gasteiger partial charge in [0.2, 0.25) is 0 Å². The Morgan fingerprint density at radius 2 is 1.63 bits per heavy atom. The normalized spacial score (nSPS) is 23.7. The van der Waals surface area contributed by atoms with Crippen LogP contribution < -0.4 is 0 Å². The van der Waals surface area contributed by atoms with E-state index < -0.39 is 17.2 Å². The SMILES string of the molecule is CC1(C)N(O)C(c2cccc(C=O)c2)N(O)C1(C)C. The summed E-state index contributed by atoms with van der Waals surface area (Å²) < 4.78 is 0. The molecule has 0 aliphatic carbocycles. The standard InChI is InChI=1S/C14H20N2O3/c1-13(2)14(3,4)16(19)12(15(13)18)11-7-5-6-10(8-11)9-17/h5-9,12,18-19H,1-4H3. The van der Waals surface area contributed by atoms with Crippen molar-refractivity contribution in [3.8, 4) is 0 Å². The third-order valence-electron chi connectivity index (χ3n) is 4.45. The van der Waals surface area contributed by atoms with Crippen LogP contribution in [0.4, 0.5) is 0 Å². The van der Waals surface area contributed by atoms with Gasteiger partial charge in [0, 0.05) is 5.56 Å². The number of benzene rings is 1. The fraction of sp³-hybridized carbons (Fsp3) is 0.500. The van der Waals surface area contributed by atoms with E-state index in [9.17, 15) is 15.2 Å². The van der Waals surface area contributed by atoms with Crippen LogP contribution in [0.25, 0.3) is 0 Å². The van der Waals surface area contributed by atoms with Crippen LogP contribution in [-0.2, 0) is 0 Å². The van der Waals surface area contributed by atoms with Gasteiger partial charge in [-0.05, 0) is 39.3 Å². The second-order valence-corrected chi connectivity index (χ2v) is 5.97. The topological polar surface area (TPSA) is 64.0 Å². The van der Waals surface area contributed by atoms with Crippen LogP contribution in [0.3, 0.4) is 0 Å². The monoisotopic (exact) mass is 264 g/mol. The van der Waals surface area contributed by atoms with E-state index >= 15 is 0 Å². The van der Waals surface area contributed by atoms with Crippen LogP contribution in [0.2, 0.25) is 0 Å². The first kappa shape index (κ1) is 14.1. The van der Waals surface area contributed by atoms with Gasteiger partial charge in [-0.3, -0.25) is 4.79 Å². The lowest BCUT2D eigenvalue weighted by Gasteiger charge is -2.37. The molecule has 0 bridgehead atoms. The predicted molar refractivity (Wildman–Crippen MR) is 70.0 cm³/mol. The second-order valence-electron chi connectivity index (χ2n) is 5.97. The van der Waals surface area contributed by atoms with Crippen LogP contribution in [0.15, 0.2) is 24.3 Å². The number of hydrogen-bond donors (Lipinski definition) is 2. The van der Waals surface area contributed by atoms with Crippen LogP contribution in [0, 0.1) is 0 Å². The van der Waals surface area contributed by atoms with Gasteiger partial charge in [-0.2, -0.15) is 10.1 Å². The number of rotatable bonds is 2. The molecule has 0 aromatic heterocycles. The summed E-state index contributed by atoms with van der Waals surface area (Å²) in [5, 5.41) is 23.0.